The number of carbonyl (C=O) groups excluding carboxylic acids is 1. The molecule has 1 amide bonds. The van der Waals surface area contributed by atoms with Crippen molar-refractivity contribution in [3.05, 3.63) is 101 Å². The fourth-order valence-electron chi connectivity index (χ4n) is 2.59. The zero-order chi connectivity index (χ0) is 16.1. The normalized spacial score (nSPS) is 11.7. The van der Waals surface area contributed by atoms with Gasteiger partial charge in [-0.25, -0.2) is 0 Å². The molecule has 3 heteroatoms. The molecule has 0 unspecified atom stereocenters. The van der Waals surface area contributed by atoms with Crippen molar-refractivity contribution in [1.29, 1.82) is 0 Å². The Morgan fingerprint density at radius 3 is 2.30 bits per heavy atom. The monoisotopic (exact) mass is 302 g/mol. The molecule has 0 fully saturated rings. The van der Waals surface area contributed by atoms with E-state index in [0.29, 0.717) is 5.56 Å². The molecule has 0 aliphatic carbocycles. The number of pyridine rings is 1. The number of hydrogen-bond acceptors (Lipinski definition) is 2. The van der Waals surface area contributed by atoms with Crippen LogP contribution in [-0.4, -0.2) is 10.9 Å². The lowest BCUT2D eigenvalue weighted by atomic mass is 9.99. The molecule has 114 valence electrons. The van der Waals surface area contributed by atoms with E-state index < -0.39 is 0 Å². The van der Waals surface area contributed by atoms with E-state index in [1.165, 1.54) is 0 Å². The summed E-state index contributed by atoms with van der Waals surface area (Å²) in [7, 11) is 0. The van der Waals surface area contributed by atoms with Gasteiger partial charge in [0.25, 0.3) is 5.91 Å². The number of nitrogens with zero attached hydrogens (tertiary/aromatic N) is 1. The van der Waals surface area contributed by atoms with Gasteiger partial charge in [0.2, 0.25) is 0 Å². The number of nitrogens with one attached hydrogen (secondary N) is 1. The Bertz CT molecular complexity index is 746. The molecule has 1 atom stereocenters. The molecule has 0 aliphatic heterocycles. The van der Waals surface area contributed by atoms with Crippen LogP contribution in [0.5, 0.6) is 0 Å². The van der Waals surface area contributed by atoms with Crippen molar-refractivity contribution in [2.75, 3.05) is 0 Å². The average Bonchev–Trinajstić information content (AvgIpc) is 2.61. The fraction of sp³-hybridized carbons (Fsp3) is 0.100. The number of carbonyl (C=O) groups is 1. The lowest BCUT2D eigenvalue weighted by Crippen LogP contribution is -2.29. The van der Waals surface area contributed by atoms with Crippen molar-refractivity contribution < 1.29 is 4.79 Å². The van der Waals surface area contributed by atoms with E-state index in [2.05, 4.69) is 10.3 Å². The standard InChI is InChI=1S/C20H18N2O/c1-15-8-5-6-12-18(15)20(23)22-19(16-9-3-2-4-10-16)17-11-7-13-21-14-17/h2-14,19H,1H3,(H,22,23)/t19-/m1/s1. The van der Waals surface area contributed by atoms with Gasteiger partial charge in [-0.1, -0.05) is 54.6 Å². The zero-order valence-electron chi connectivity index (χ0n) is 12.9. The largest absolute Gasteiger partial charge is 0.341 e. The molecule has 0 spiro atoms. The molecule has 1 aromatic heterocycles. The Hall–Kier alpha value is -2.94. The molecule has 0 saturated heterocycles. The van der Waals surface area contributed by atoms with Gasteiger partial charge in [-0.3, -0.25) is 9.78 Å². The molecule has 1 N–H and O–H groups in total. The molecule has 0 aliphatic rings. The molecule has 3 rings (SSSR count). The van der Waals surface area contributed by atoms with Gasteiger partial charge in [0.15, 0.2) is 0 Å². The second-order valence-corrected chi connectivity index (χ2v) is 5.42. The quantitative estimate of drug-likeness (QED) is 0.794. The van der Waals surface area contributed by atoms with Crippen molar-refractivity contribution >= 4 is 5.91 Å². The van der Waals surface area contributed by atoms with E-state index in [9.17, 15) is 4.79 Å². The number of amides is 1. The summed E-state index contributed by atoms with van der Waals surface area (Å²) in [6.07, 6.45) is 3.52. The number of benzene rings is 2. The Kier molecular flexibility index (Phi) is 4.48. The van der Waals surface area contributed by atoms with Gasteiger partial charge < -0.3 is 5.32 Å². The zero-order valence-corrected chi connectivity index (χ0v) is 12.9. The SMILES string of the molecule is Cc1ccccc1C(=O)N[C@H](c1ccccc1)c1cccnc1. The lowest BCUT2D eigenvalue weighted by Gasteiger charge is -2.20. The molecule has 0 saturated carbocycles. The lowest BCUT2D eigenvalue weighted by molar-refractivity contribution is 0.0942. The van der Waals surface area contributed by atoms with Crippen LogP contribution in [0.3, 0.4) is 0 Å². The van der Waals surface area contributed by atoms with Crippen LogP contribution in [0.15, 0.2) is 79.1 Å². The van der Waals surface area contributed by atoms with Gasteiger partial charge in [-0.15, -0.1) is 0 Å². The molecule has 2 aromatic carbocycles. The molecule has 0 radical (unpaired) electrons. The van der Waals surface area contributed by atoms with Crippen LogP contribution in [0.1, 0.15) is 33.1 Å². The van der Waals surface area contributed by atoms with Crippen molar-refractivity contribution in [2.45, 2.75) is 13.0 Å². The third-order valence-corrected chi connectivity index (χ3v) is 3.82. The van der Waals surface area contributed by atoms with E-state index in [1.54, 1.807) is 12.4 Å². The van der Waals surface area contributed by atoms with Gasteiger partial charge in [-0.2, -0.15) is 0 Å². The molecule has 3 nitrogen and oxygen atoms in total. The van der Waals surface area contributed by atoms with Crippen molar-refractivity contribution in [3.8, 4) is 0 Å². The number of rotatable bonds is 4. The van der Waals surface area contributed by atoms with Crippen molar-refractivity contribution in [3.63, 3.8) is 0 Å². The molecule has 1 heterocycles. The minimum Gasteiger partial charge on any atom is -0.341 e. The summed E-state index contributed by atoms with van der Waals surface area (Å²) in [5.74, 6) is -0.0826. The Morgan fingerprint density at radius 1 is 0.913 bits per heavy atom. The Morgan fingerprint density at radius 2 is 1.61 bits per heavy atom. The highest BCUT2D eigenvalue weighted by Crippen LogP contribution is 2.22. The summed E-state index contributed by atoms with van der Waals surface area (Å²) in [5, 5.41) is 3.13. The van der Waals surface area contributed by atoms with Gasteiger partial charge in [0.1, 0.15) is 0 Å². The second kappa shape index (κ2) is 6.88. The maximum Gasteiger partial charge on any atom is 0.252 e. The third-order valence-electron chi connectivity index (χ3n) is 3.82. The highest BCUT2D eigenvalue weighted by molar-refractivity contribution is 5.96. The Labute approximate surface area is 136 Å². The predicted octanol–water partition coefficient (Wildman–Crippen LogP) is 3.91. The minimum atomic E-state index is -0.225. The number of hydrogen-bond donors (Lipinski definition) is 1. The van der Waals surface area contributed by atoms with E-state index in [1.807, 2.05) is 73.7 Å². The van der Waals surface area contributed by atoms with Crippen LogP contribution in [0.4, 0.5) is 0 Å². The average molecular weight is 302 g/mol. The van der Waals surface area contributed by atoms with Crippen LogP contribution in [0, 0.1) is 6.92 Å². The number of aryl methyl sites for hydroxylation is 1. The maximum atomic E-state index is 12.7. The summed E-state index contributed by atoms with van der Waals surface area (Å²) in [5.41, 5.74) is 3.64. The van der Waals surface area contributed by atoms with Crippen LogP contribution in [0.25, 0.3) is 0 Å². The van der Waals surface area contributed by atoms with Gasteiger partial charge >= 0.3 is 0 Å². The van der Waals surface area contributed by atoms with Crippen LogP contribution < -0.4 is 5.32 Å². The molecular weight excluding hydrogens is 284 g/mol. The van der Waals surface area contributed by atoms with Crippen molar-refractivity contribution in [2.24, 2.45) is 0 Å². The smallest absolute Gasteiger partial charge is 0.252 e. The first-order chi connectivity index (χ1) is 11.3. The second-order valence-electron chi connectivity index (χ2n) is 5.42. The van der Waals surface area contributed by atoms with Crippen LogP contribution in [-0.2, 0) is 0 Å². The van der Waals surface area contributed by atoms with E-state index in [0.717, 1.165) is 16.7 Å². The van der Waals surface area contributed by atoms with Gasteiger partial charge in [0, 0.05) is 18.0 Å². The molecule has 0 bridgehead atoms. The first-order valence-electron chi connectivity index (χ1n) is 7.57. The topological polar surface area (TPSA) is 42.0 Å². The summed E-state index contributed by atoms with van der Waals surface area (Å²) in [6, 6.07) is 21.2. The highest BCUT2D eigenvalue weighted by atomic mass is 16.1. The molecular formula is C20H18N2O. The summed E-state index contributed by atoms with van der Waals surface area (Å²) < 4.78 is 0. The minimum absolute atomic E-state index is 0.0826. The van der Waals surface area contributed by atoms with E-state index >= 15 is 0 Å². The summed E-state index contributed by atoms with van der Waals surface area (Å²) >= 11 is 0. The Balaban J connectivity index is 1.94. The third kappa shape index (κ3) is 3.46. The van der Waals surface area contributed by atoms with Crippen LogP contribution >= 0.6 is 0 Å². The predicted molar refractivity (Wildman–Crippen MR) is 91.2 cm³/mol. The van der Waals surface area contributed by atoms with Crippen molar-refractivity contribution in [1.82, 2.24) is 10.3 Å². The molecule has 3 aromatic rings. The highest BCUT2D eigenvalue weighted by Gasteiger charge is 2.18. The fourth-order valence-corrected chi connectivity index (χ4v) is 2.59. The summed E-state index contributed by atoms with van der Waals surface area (Å²) in [6.45, 7) is 1.94. The number of aromatic nitrogens is 1. The first kappa shape index (κ1) is 15.0. The maximum absolute atomic E-state index is 12.7. The van der Waals surface area contributed by atoms with Gasteiger partial charge in [0.05, 0.1) is 6.04 Å². The molecule has 23 heavy (non-hydrogen) atoms. The van der Waals surface area contributed by atoms with E-state index in [4.69, 9.17) is 0 Å². The summed E-state index contributed by atoms with van der Waals surface area (Å²) in [4.78, 5) is 16.9. The van der Waals surface area contributed by atoms with Gasteiger partial charge in [-0.05, 0) is 35.7 Å². The van der Waals surface area contributed by atoms with E-state index in [-0.39, 0.29) is 11.9 Å². The first-order valence-corrected chi connectivity index (χ1v) is 7.57. The van der Waals surface area contributed by atoms with Crippen LogP contribution in [0.2, 0.25) is 0 Å².